The third kappa shape index (κ3) is 3.06. The second-order valence-electron chi connectivity index (χ2n) is 3.28. The predicted molar refractivity (Wildman–Crippen MR) is 63.3 cm³/mol. The molecular weight excluding hydrogens is 212 g/mol. The number of anilines is 1. The molecule has 0 unspecified atom stereocenters. The number of nitrogens with zero attached hydrogens (tertiary/aromatic N) is 1. The topological polar surface area (TPSA) is 55.6 Å². The molecule has 0 saturated carbocycles. The van der Waals surface area contributed by atoms with Crippen molar-refractivity contribution in [2.75, 3.05) is 4.31 Å². The fourth-order valence-corrected chi connectivity index (χ4v) is 1.27. The maximum absolute atomic E-state index is 11.0. The predicted octanol–water partition coefficient (Wildman–Crippen LogP) is 2.20. The van der Waals surface area contributed by atoms with Gasteiger partial charge >= 0.3 is 6.03 Å². The smallest absolute Gasteiger partial charge is 0.329 e. The molecule has 15 heavy (non-hydrogen) atoms. The van der Waals surface area contributed by atoms with Gasteiger partial charge in [0.1, 0.15) is 5.75 Å². The molecule has 1 aromatic carbocycles. The summed E-state index contributed by atoms with van der Waals surface area (Å²) in [6.45, 7) is 3.81. The van der Waals surface area contributed by atoms with Crippen molar-refractivity contribution in [1.82, 2.24) is 0 Å². The molecule has 0 aliphatic rings. The first-order valence-electron chi connectivity index (χ1n) is 4.56. The molecule has 0 aromatic heterocycles. The van der Waals surface area contributed by atoms with E-state index in [2.05, 4.69) is 12.8 Å². The van der Waals surface area contributed by atoms with Crippen molar-refractivity contribution in [3.05, 3.63) is 24.3 Å². The first kappa shape index (κ1) is 11.7. The zero-order valence-corrected chi connectivity index (χ0v) is 9.57. The van der Waals surface area contributed by atoms with Crippen LogP contribution in [0.15, 0.2) is 24.3 Å². The molecule has 0 fully saturated rings. The van der Waals surface area contributed by atoms with Crippen LogP contribution in [0.3, 0.4) is 0 Å². The van der Waals surface area contributed by atoms with Crippen LogP contribution in [0.4, 0.5) is 10.5 Å². The number of benzene rings is 1. The Balaban J connectivity index is 3.00. The molecule has 2 amide bonds. The van der Waals surface area contributed by atoms with E-state index in [-0.39, 0.29) is 6.10 Å². The molecule has 2 N–H and O–H groups in total. The molecule has 82 valence electrons. The summed E-state index contributed by atoms with van der Waals surface area (Å²) in [7, 11) is 0. The summed E-state index contributed by atoms with van der Waals surface area (Å²) in [5, 5.41) is 0. The zero-order chi connectivity index (χ0) is 11.4. The number of para-hydroxylation sites is 2. The van der Waals surface area contributed by atoms with E-state index >= 15 is 0 Å². The molecule has 5 heteroatoms. The number of amides is 2. The van der Waals surface area contributed by atoms with Crippen LogP contribution in [0.5, 0.6) is 5.75 Å². The molecule has 0 spiro atoms. The van der Waals surface area contributed by atoms with Gasteiger partial charge < -0.3 is 10.5 Å². The Morgan fingerprint density at radius 1 is 1.47 bits per heavy atom. The lowest BCUT2D eigenvalue weighted by Gasteiger charge is -2.18. The van der Waals surface area contributed by atoms with Crippen molar-refractivity contribution >= 4 is 24.5 Å². The quantitative estimate of drug-likeness (QED) is 0.776. The van der Waals surface area contributed by atoms with Gasteiger partial charge in [-0.25, -0.2) is 9.10 Å². The summed E-state index contributed by atoms with van der Waals surface area (Å²) in [6.07, 6.45) is 0.0285. The van der Waals surface area contributed by atoms with Gasteiger partial charge in [0.05, 0.1) is 11.8 Å². The van der Waals surface area contributed by atoms with E-state index in [1.54, 1.807) is 18.2 Å². The summed E-state index contributed by atoms with van der Waals surface area (Å²) >= 11 is 3.99. The molecule has 0 bridgehead atoms. The molecule has 0 aliphatic carbocycles. The molecule has 1 rings (SSSR count). The number of carbonyl (C=O) groups is 1. The minimum atomic E-state index is -0.641. The van der Waals surface area contributed by atoms with Gasteiger partial charge in [0, 0.05) is 0 Å². The third-order valence-electron chi connectivity index (χ3n) is 1.66. The highest BCUT2D eigenvalue weighted by atomic mass is 32.1. The van der Waals surface area contributed by atoms with E-state index in [1.165, 1.54) is 0 Å². The van der Waals surface area contributed by atoms with Gasteiger partial charge in [0.2, 0.25) is 0 Å². The van der Waals surface area contributed by atoms with E-state index in [0.29, 0.717) is 11.4 Å². The van der Waals surface area contributed by atoms with Crippen molar-refractivity contribution in [3.63, 3.8) is 0 Å². The number of rotatable bonds is 3. The number of ether oxygens (including phenoxy) is 1. The Bertz CT molecular complexity index is 355. The van der Waals surface area contributed by atoms with Crippen molar-refractivity contribution in [2.45, 2.75) is 20.0 Å². The van der Waals surface area contributed by atoms with Crippen LogP contribution in [-0.4, -0.2) is 12.1 Å². The van der Waals surface area contributed by atoms with Gasteiger partial charge in [0.15, 0.2) is 0 Å². The summed E-state index contributed by atoms with van der Waals surface area (Å²) in [4.78, 5) is 11.0. The van der Waals surface area contributed by atoms with E-state index in [0.717, 1.165) is 4.31 Å². The molecule has 1 aromatic rings. The lowest BCUT2D eigenvalue weighted by molar-refractivity contribution is 0.242. The number of thiol groups is 1. The Morgan fingerprint density at radius 3 is 2.60 bits per heavy atom. The van der Waals surface area contributed by atoms with Crippen LogP contribution in [0.1, 0.15) is 13.8 Å². The minimum absolute atomic E-state index is 0.0285. The summed E-state index contributed by atoms with van der Waals surface area (Å²) in [5.41, 5.74) is 5.67. The summed E-state index contributed by atoms with van der Waals surface area (Å²) in [5.74, 6) is 0.585. The first-order chi connectivity index (χ1) is 7.02. The van der Waals surface area contributed by atoms with Crippen LogP contribution in [0.25, 0.3) is 0 Å². The summed E-state index contributed by atoms with van der Waals surface area (Å²) in [6, 6.07) is 6.45. The van der Waals surface area contributed by atoms with E-state index in [1.807, 2.05) is 19.9 Å². The Kier molecular flexibility index (Phi) is 3.85. The molecule has 0 radical (unpaired) electrons. The van der Waals surface area contributed by atoms with Crippen molar-refractivity contribution in [1.29, 1.82) is 0 Å². The van der Waals surface area contributed by atoms with Crippen molar-refractivity contribution in [3.8, 4) is 5.75 Å². The third-order valence-corrected chi connectivity index (χ3v) is 2.08. The average Bonchev–Trinajstić information content (AvgIpc) is 2.16. The zero-order valence-electron chi connectivity index (χ0n) is 8.68. The van der Waals surface area contributed by atoms with Gasteiger partial charge in [-0.3, -0.25) is 0 Å². The molecular formula is C10H14N2O2S. The van der Waals surface area contributed by atoms with Gasteiger partial charge in [-0.2, -0.15) is 0 Å². The lowest BCUT2D eigenvalue weighted by Crippen LogP contribution is -2.27. The second kappa shape index (κ2) is 4.93. The largest absolute Gasteiger partial charge is 0.489 e. The number of primary amides is 1. The standard InChI is InChI=1S/C10H14N2O2S/c1-7(2)14-9-6-4-3-5-8(9)12(15)10(11)13/h3-7,15H,1-2H3,(H2,11,13). The number of carbonyl (C=O) groups excluding carboxylic acids is 1. The Morgan fingerprint density at radius 2 is 2.07 bits per heavy atom. The van der Waals surface area contributed by atoms with Gasteiger partial charge in [0.25, 0.3) is 0 Å². The van der Waals surface area contributed by atoms with Gasteiger partial charge in [-0.1, -0.05) is 24.9 Å². The minimum Gasteiger partial charge on any atom is -0.489 e. The monoisotopic (exact) mass is 226 g/mol. The highest BCUT2D eigenvalue weighted by molar-refractivity contribution is 7.82. The maximum Gasteiger partial charge on any atom is 0.329 e. The van der Waals surface area contributed by atoms with Crippen LogP contribution < -0.4 is 14.8 Å². The van der Waals surface area contributed by atoms with E-state index in [4.69, 9.17) is 10.5 Å². The SMILES string of the molecule is CC(C)Oc1ccccc1N(S)C(N)=O. The fraction of sp³-hybridized carbons (Fsp3) is 0.300. The van der Waals surface area contributed by atoms with Crippen molar-refractivity contribution < 1.29 is 9.53 Å². The van der Waals surface area contributed by atoms with Gasteiger partial charge in [-0.15, -0.1) is 0 Å². The number of hydrogen-bond donors (Lipinski definition) is 2. The Labute approximate surface area is 94.6 Å². The first-order valence-corrected chi connectivity index (χ1v) is 4.96. The maximum atomic E-state index is 11.0. The molecule has 0 aliphatic heterocycles. The van der Waals surface area contributed by atoms with Crippen LogP contribution in [0, 0.1) is 0 Å². The molecule has 0 heterocycles. The number of urea groups is 1. The van der Waals surface area contributed by atoms with Crippen LogP contribution >= 0.6 is 12.8 Å². The number of hydrogen-bond acceptors (Lipinski definition) is 3. The fourth-order valence-electron chi connectivity index (χ4n) is 1.10. The van der Waals surface area contributed by atoms with E-state index < -0.39 is 6.03 Å². The normalized spacial score (nSPS) is 10.1. The highest BCUT2D eigenvalue weighted by Gasteiger charge is 2.13. The second-order valence-corrected chi connectivity index (χ2v) is 3.68. The molecule has 4 nitrogen and oxygen atoms in total. The van der Waals surface area contributed by atoms with Crippen LogP contribution in [0.2, 0.25) is 0 Å². The van der Waals surface area contributed by atoms with Gasteiger partial charge in [-0.05, 0) is 26.0 Å². The van der Waals surface area contributed by atoms with Crippen LogP contribution in [-0.2, 0) is 0 Å². The Hall–Kier alpha value is -1.36. The highest BCUT2D eigenvalue weighted by Crippen LogP contribution is 2.29. The van der Waals surface area contributed by atoms with Crippen molar-refractivity contribution in [2.24, 2.45) is 5.73 Å². The van der Waals surface area contributed by atoms with E-state index in [9.17, 15) is 4.79 Å². The molecule has 0 saturated heterocycles. The number of nitrogens with two attached hydrogens (primary N) is 1. The summed E-state index contributed by atoms with van der Waals surface area (Å²) < 4.78 is 6.57. The molecule has 0 atom stereocenters. The lowest BCUT2D eigenvalue weighted by atomic mass is 10.3. The average molecular weight is 226 g/mol.